The average molecular weight is 1110 g/mol. The molecule has 0 fully saturated rings. The summed E-state index contributed by atoms with van der Waals surface area (Å²) in [6.07, 6.45) is 75.0. The van der Waals surface area contributed by atoms with Crippen LogP contribution in [0.5, 0.6) is 0 Å². The number of rotatable bonds is 66. The molecule has 8 nitrogen and oxygen atoms in total. The number of likely N-dealkylation sites (N-methyl/N-ethyl adjacent to an activating group) is 1. The summed E-state index contributed by atoms with van der Waals surface area (Å²) in [6, 6.07) is -0.756. The topological polar surface area (TPSA) is 105 Å². The fraction of sp³-hybridized carbons (Fsp3) is 0.985. The summed E-state index contributed by atoms with van der Waals surface area (Å²) in [5.74, 6) is -0.134. The maximum Gasteiger partial charge on any atom is 0.472 e. The second-order valence-corrected chi connectivity index (χ2v) is 27.1. The van der Waals surface area contributed by atoms with Gasteiger partial charge in [-0.15, -0.1) is 0 Å². The monoisotopic (exact) mass is 1110 g/mol. The number of carbonyl (C=O) groups is 1. The van der Waals surface area contributed by atoms with E-state index in [4.69, 9.17) is 9.05 Å². The van der Waals surface area contributed by atoms with Crippen LogP contribution in [0, 0.1) is 0 Å². The van der Waals surface area contributed by atoms with E-state index in [-0.39, 0.29) is 19.1 Å². The molecule has 0 aromatic carbocycles. The van der Waals surface area contributed by atoms with Gasteiger partial charge in [0.05, 0.1) is 39.9 Å². The van der Waals surface area contributed by atoms with Crippen molar-refractivity contribution >= 4 is 13.7 Å². The molecule has 3 unspecified atom stereocenters. The van der Waals surface area contributed by atoms with E-state index in [2.05, 4.69) is 19.2 Å². The van der Waals surface area contributed by atoms with E-state index < -0.39 is 20.0 Å². The van der Waals surface area contributed by atoms with Crippen LogP contribution in [0.25, 0.3) is 0 Å². The molecule has 9 heteroatoms. The van der Waals surface area contributed by atoms with Crippen molar-refractivity contribution in [2.75, 3.05) is 40.9 Å². The lowest BCUT2D eigenvalue weighted by Crippen LogP contribution is -2.46. The number of nitrogens with zero attached hydrogens (tertiary/aromatic N) is 1. The molecule has 3 N–H and O–H groups in total. The number of carbonyl (C=O) groups excluding carboxylic acids is 1. The molecule has 0 heterocycles. The van der Waals surface area contributed by atoms with E-state index in [0.29, 0.717) is 23.9 Å². The molecule has 462 valence electrons. The molecule has 0 saturated heterocycles. The highest BCUT2D eigenvalue weighted by Crippen LogP contribution is 2.43. The Labute approximate surface area is 482 Å². The Hall–Kier alpha value is -0.500. The predicted octanol–water partition coefficient (Wildman–Crippen LogP) is 21.9. The van der Waals surface area contributed by atoms with E-state index in [9.17, 15) is 19.4 Å². The first kappa shape index (κ1) is 76.5. The fourth-order valence-corrected chi connectivity index (χ4v) is 11.9. The summed E-state index contributed by atoms with van der Waals surface area (Å²) in [5.41, 5.74) is 0. The molecule has 0 aliphatic rings. The van der Waals surface area contributed by atoms with Crippen LogP contribution in [-0.4, -0.2) is 73.4 Å². The molecule has 0 radical (unpaired) electrons. The zero-order valence-electron chi connectivity index (χ0n) is 53.0. The van der Waals surface area contributed by atoms with Gasteiger partial charge in [0.15, 0.2) is 0 Å². The molecule has 0 aromatic rings. The van der Waals surface area contributed by atoms with Crippen molar-refractivity contribution in [1.29, 1.82) is 0 Å². The summed E-state index contributed by atoms with van der Waals surface area (Å²) < 4.78 is 23.9. The van der Waals surface area contributed by atoms with Crippen LogP contribution >= 0.6 is 7.82 Å². The molecule has 77 heavy (non-hydrogen) atoms. The first-order chi connectivity index (χ1) is 37.5. The number of unbranched alkanes of at least 4 members (excludes halogenated alkanes) is 53. The molecular formula is C68H140N2O6P+. The highest BCUT2D eigenvalue weighted by molar-refractivity contribution is 7.47. The van der Waals surface area contributed by atoms with E-state index in [0.717, 1.165) is 38.5 Å². The molecule has 0 bridgehead atoms. The maximum atomic E-state index is 13.0. The van der Waals surface area contributed by atoms with Crippen LogP contribution < -0.4 is 5.32 Å². The van der Waals surface area contributed by atoms with Crippen molar-refractivity contribution in [1.82, 2.24) is 5.32 Å². The predicted molar refractivity (Wildman–Crippen MR) is 337 cm³/mol. The van der Waals surface area contributed by atoms with Crippen molar-refractivity contribution < 1.29 is 32.9 Å². The van der Waals surface area contributed by atoms with E-state index in [1.165, 1.54) is 315 Å². The standard InChI is InChI=1S/C68H139N2O6P/c1-6-8-10-12-14-16-18-20-22-24-26-27-28-29-30-31-32-33-34-35-36-37-38-39-40-41-42-43-44-46-48-50-52-54-56-58-60-62-68(72)69-66(65-76-77(73,74)75-64-63-70(3,4)5)67(71)61-59-57-55-53-51-49-47-45-25-23-21-19-17-15-13-11-9-7-2/h66-67,71H,6-65H2,1-5H3,(H-,69,72,73,74)/p+1. The van der Waals surface area contributed by atoms with Gasteiger partial charge in [0.2, 0.25) is 5.91 Å². The van der Waals surface area contributed by atoms with Gasteiger partial charge in [-0.05, 0) is 12.8 Å². The number of phosphoric ester groups is 1. The van der Waals surface area contributed by atoms with Crippen molar-refractivity contribution in [2.24, 2.45) is 0 Å². The Balaban J connectivity index is 3.87. The van der Waals surface area contributed by atoms with Crippen molar-refractivity contribution in [3.8, 4) is 0 Å². The average Bonchev–Trinajstić information content (AvgIpc) is 3.39. The van der Waals surface area contributed by atoms with Gasteiger partial charge >= 0.3 is 7.82 Å². The highest BCUT2D eigenvalue weighted by Gasteiger charge is 2.28. The summed E-state index contributed by atoms with van der Waals surface area (Å²) >= 11 is 0. The molecular weight excluding hydrogens is 972 g/mol. The van der Waals surface area contributed by atoms with Crippen LogP contribution in [0.3, 0.4) is 0 Å². The zero-order chi connectivity index (χ0) is 56.3. The molecule has 0 rings (SSSR count). The van der Waals surface area contributed by atoms with Gasteiger partial charge in [-0.3, -0.25) is 13.8 Å². The first-order valence-corrected chi connectivity index (χ1v) is 36.4. The summed E-state index contributed by atoms with van der Waals surface area (Å²) in [4.78, 5) is 23.4. The third kappa shape index (κ3) is 62.9. The van der Waals surface area contributed by atoms with Gasteiger partial charge in [0.1, 0.15) is 13.2 Å². The zero-order valence-corrected chi connectivity index (χ0v) is 53.9. The largest absolute Gasteiger partial charge is 0.472 e. The smallest absolute Gasteiger partial charge is 0.391 e. The molecule has 0 aliphatic heterocycles. The van der Waals surface area contributed by atoms with Gasteiger partial charge in [0, 0.05) is 6.42 Å². The van der Waals surface area contributed by atoms with Crippen LogP contribution in [-0.2, 0) is 18.4 Å². The Kier molecular flexibility index (Phi) is 59.7. The van der Waals surface area contributed by atoms with E-state index in [1.54, 1.807) is 0 Å². The van der Waals surface area contributed by atoms with Crippen LogP contribution in [0.4, 0.5) is 0 Å². The van der Waals surface area contributed by atoms with E-state index >= 15 is 0 Å². The number of nitrogens with one attached hydrogen (secondary N) is 1. The van der Waals surface area contributed by atoms with Crippen molar-refractivity contribution in [3.05, 3.63) is 0 Å². The number of aliphatic hydroxyl groups excluding tert-OH is 1. The normalized spacial score (nSPS) is 13.6. The second kappa shape index (κ2) is 60.1. The Morgan fingerprint density at radius 1 is 0.390 bits per heavy atom. The maximum absolute atomic E-state index is 13.0. The number of aliphatic hydroxyl groups is 1. The van der Waals surface area contributed by atoms with E-state index in [1.807, 2.05) is 21.1 Å². The lowest BCUT2D eigenvalue weighted by molar-refractivity contribution is -0.870. The van der Waals surface area contributed by atoms with Crippen molar-refractivity contribution in [2.45, 2.75) is 392 Å². The number of hydrogen-bond acceptors (Lipinski definition) is 5. The third-order valence-corrected chi connectivity index (χ3v) is 17.6. The van der Waals surface area contributed by atoms with Crippen LogP contribution in [0.15, 0.2) is 0 Å². The molecule has 0 saturated carbocycles. The minimum Gasteiger partial charge on any atom is -0.391 e. The van der Waals surface area contributed by atoms with Gasteiger partial charge in [-0.1, -0.05) is 361 Å². The molecule has 0 aromatic heterocycles. The molecule has 1 amide bonds. The lowest BCUT2D eigenvalue weighted by Gasteiger charge is -2.26. The third-order valence-electron chi connectivity index (χ3n) is 16.6. The Bertz CT molecular complexity index is 1220. The van der Waals surface area contributed by atoms with Crippen LogP contribution in [0.2, 0.25) is 0 Å². The quantitative estimate of drug-likeness (QED) is 0.0318. The number of amides is 1. The Morgan fingerprint density at radius 3 is 0.870 bits per heavy atom. The molecule has 3 atom stereocenters. The van der Waals surface area contributed by atoms with Gasteiger partial charge < -0.3 is 19.8 Å². The lowest BCUT2D eigenvalue weighted by atomic mass is 10.0. The minimum absolute atomic E-state index is 0.0793. The first-order valence-electron chi connectivity index (χ1n) is 34.9. The van der Waals surface area contributed by atoms with Crippen LogP contribution in [0.1, 0.15) is 380 Å². The minimum atomic E-state index is -4.32. The van der Waals surface area contributed by atoms with Gasteiger partial charge in [-0.2, -0.15) is 0 Å². The second-order valence-electron chi connectivity index (χ2n) is 25.6. The van der Waals surface area contributed by atoms with Crippen molar-refractivity contribution in [3.63, 3.8) is 0 Å². The SMILES string of the molecule is CCCCCCCCCCCCCCCCCCCCCCCCCCCCCCCCCCCCCCCC(=O)NC(COP(=O)(O)OCC[N+](C)(C)C)C(O)CCCCCCCCCCCCCCCCCCCC. The van der Waals surface area contributed by atoms with Gasteiger partial charge in [-0.25, -0.2) is 4.57 Å². The summed E-state index contributed by atoms with van der Waals surface area (Å²) in [6.45, 7) is 4.96. The molecule has 0 aliphatic carbocycles. The number of quaternary nitrogens is 1. The van der Waals surface area contributed by atoms with Gasteiger partial charge in [0.25, 0.3) is 0 Å². The molecule has 0 spiro atoms. The highest BCUT2D eigenvalue weighted by atomic mass is 31.2. The summed E-state index contributed by atoms with van der Waals surface area (Å²) in [5, 5.41) is 14.1. The Morgan fingerprint density at radius 2 is 0.623 bits per heavy atom. The fourth-order valence-electron chi connectivity index (χ4n) is 11.2. The number of phosphoric acid groups is 1. The summed E-state index contributed by atoms with van der Waals surface area (Å²) in [7, 11) is 1.64. The number of hydrogen-bond donors (Lipinski definition) is 3.